The molecular weight excluding hydrogens is 360 g/mol. The zero-order valence-corrected chi connectivity index (χ0v) is 13.4. The van der Waals surface area contributed by atoms with Crippen molar-refractivity contribution in [2.24, 2.45) is 11.7 Å². The molecule has 0 radical (unpaired) electrons. The van der Waals surface area contributed by atoms with Crippen LogP contribution in [0.2, 0.25) is 0 Å². The van der Waals surface area contributed by atoms with Crippen molar-refractivity contribution >= 4 is 37.8 Å². The van der Waals surface area contributed by atoms with Crippen molar-refractivity contribution < 1.29 is 4.79 Å². The van der Waals surface area contributed by atoms with E-state index in [0.717, 1.165) is 21.9 Å². The third-order valence-corrected chi connectivity index (χ3v) is 4.57. The van der Waals surface area contributed by atoms with E-state index in [1.165, 1.54) is 0 Å². The first-order valence-corrected chi connectivity index (χ1v) is 7.57. The zero-order valence-electron chi connectivity index (χ0n) is 10.2. The van der Waals surface area contributed by atoms with Gasteiger partial charge in [0.2, 0.25) is 0 Å². The van der Waals surface area contributed by atoms with Gasteiger partial charge in [0.15, 0.2) is 0 Å². The first-order chi connectivity index (χ1) is 8.52. The normalized spacial score (nSPS) is 23.4. The molecule has 1 aromatic carbocycles. The second-order valence-electron chi connectivity index (χ2n) is 4.77. The fraction of sp³-hybridized carbons (Fsp3) is 0.462. The highest BCUT2D eigenvalue weighted by Crippen LogP contribution is 2.28. The third-order valence-electron chi connectivity index (χ3n) is 3.42. The fourth-order valence-electron chi connectivity index (χ4n) is 2.41. The van der Waals surface area contributed by atoms with Crippen molar-refractivity contribution in [3.63, 3.8) is 0 Å². The molecule has 0 aliphatic carbocycles. The van der Waals surface area contributed by atoms with Crippen LogP contribution in [0.15, 0.2) is 27.1 Å². The van der Waals surface area contributed by atoms with Crippen molar-refractivity contribution in [3.05, 3.63) is 32.7 Å². The molecule has 1 amide bonds. The van der Waals surface area contributed by atoms with E-state index >= 15 is 0 Å². The summed E-state index contributed by atoms with van der Waals surface area (Å²) in [5.74, 6) is 0.510. The van der Waals surface area contributed by atoms with Crippen molar-refractivity contribution in [2.75, 3.05) is 13.1 Å². The molecule has 2 N–H and O–H groups in total. The van der Waals surface area contributed by atoms with Crippen LogP contribution in [0.4, 0.5) is 0 Å². The highest BCUT2D eigenvalue weighted by molar-refractivity contribution is 9.11. The Balaban J connectivity index is 2.21. The van der Waals surface area contributed by atoms with E-state index in [9.17, 15) is 4.79 Å². The molecular formula is C13H16Br2N2O. The molecule has 0 saturated carbocycles. The predicted molar refractivity (Wildman–Crippen MR) is 79.5 cm³/mol. The Morgan fingerprint density at radius 2 is 2.22 bits per heavy atom. The van der Waals surface area contributed by atoms with E-state index in [1.54, 1.807) is 0 Å². The van der Waals surface area contributed by atoms with E-state index in [-0.39, 0.29) is 11.9 Å². The maximum atomic E-state index is 12.5. The first kappa shape index (κ1) is 14.0. The summed E-state index contributed by atoms with van der Waals surface area (Å²) in [6.45, 7) is 3.49. The molecule has 1 aliphatic rings. The number of amides is 1. The summed E-state index contributed by atoms with van der Waals surface area (Å²) in [7, 11) is 0. The van der Waals surface area contributed by atoms with E-state index in [2.05, 4.69) is 38.8 Å². The van der Waals surface area contributed by atoms with Gasteiger partial charge >= 0.3 is 0 Å². The van der Waals surface area contributed by atoms with Crippen LogP contribution in [0.5, 0.6) is 0 Å². The number of nitrogens with two attached hydrogens (primary N) is 1. The lowest BCUT2D eigenvalue weighted by atomic mass is 10.1. The van der Waals surface area contributed by atoms with Gasteiger partial charge in [-0.05, 0) is 59.9 Å². The van der Waals surface area contributed by atoms with Crippen molar-refractivity contribution in [3.8, 4) is 0 Å². The molecule has 5 heteroatoms. The Kier molecular flexibility index (Phi) is 4.45. The zero-order chi connectivity index (χ0) is 13.3. The predicted octanol–water partition coefficient (Wildman–Crippen LogP) is 3.02. The monoisotopic (exact) mass is 374 g/mol. The molecule has 1 fully saturated rings. The maximum Gasteiger partial charge on any atom is 0.255 e. The third kappa shape index (κ3) is 2.78. The molecule has 2 rings (SSSR count). The molecule has 0 bridgehead atoms. The lowest BCUT2D eigenvalue weighted by Gasteiger charge is -2.22. The molecule has 1 saturated heterocycles. The quantitative estimate of drug-likeness (QED) is 0.863. The van der Waals surface area contributed by atoms with Gasteiger partial charge in [0, 0.05) is 21.5 Å². The Labute approximate surface area is 124 Å². The first-order valence-electron chi connectivity index (χ1n) is 5.99. The number of carbonyl (C=O) groups excluding carboxylic acids is 1. The highest BCUT2D eigenvalue weighted by atomic mass is 79.9. The van der Waals surface area contributed by atoms with Crippen molar-refractivity contribution in [1.29, 1.82) is 0 Å². The Hall–Kier alpha value is -0.390. The van der Waals surface area contributed by atoms with E-state index in [0.29, 0.717) is 18.0 Å². The van der Waals surface area contributed by atoms with Gasteiger partial charge in [-0.2, -0.15) is 0 Å². The standard InChI is InChI=1S/C13H16Br2N2O/c1-8-4-9(6-16)7-17(8)13(18)11-3-2-10(14)5-12(11)15/h2-3,5,8-9H,4,6-7,16H2,1H3. The summed E-state index contributed by atoms with van der Waals surface area (Å²) in [4.78, 5) is 14.4. The van der Waals surface area contributed by atoms with Crippen LogP contribution in [-0.4, -0.2) is 29.9 Å². The molecule has 2 atom stereocenters. The summed E-state index contributed by atoms with van der Waals surface area (Å²) in [6.07, 6.45) is 0.996. The maximum absolute atomic E-state index is 12.5. The van der Waals surface area contributed by atoms with Crippen LogP contribution < -0.4 is 5.73 Å². The second kappa shape index (κ2) is 5.72. The van der Waals surface area contributed by atoms with Crippen LogP contribution >= 0.6 is 31.9 Å². The minimum Gasteiger partial charge on any atom is -0.336 e. The van der Waals surface area contributed by atoms with Gasteiger partial charge in [0.1, 0.15) is 0 Å². The van der Waals surface area contributed by atoms with Gasteiger partial charge in [0.05, 0.1) is 5.56 Å². The average Bonchev–Trinajstić information content (AvgIpc) is 2.70. The number of halogens is 2. The Morgan fingerprint density at radius 3 is 2.78 bits per heavy atom. The number of hydrogen-bond donors (Lipinski definition) is 1. The van der Waals surface area contributed by atoms with Gasteiger partial charge < -0.3 is 10.6 Å². The van der Waals surface area contributed by atoms with Crippen LogP contribution in [0.25, 0.3) is 0 Å². The summed E-state index contributed by atoms with van der Waals surface area (Å²) >= 11 is 6.83. The molecule has 98 valence electrons. The van der Waals surface area contributed by atoms with Gasteiger partial charge in [0.25, 0.3) is 5.91 Å². The second-order valence-corrected chi connectivity index (χ2v) is 6.54. The van der Waals surface area contributed by atoms with E-state index < -0.39 is 0 Å². The lowest BCUT2D eigenvalue weighted by molar-refractivity contribution is 0.0742. The molecule has 1 aliphatic heterocycles. The smallest absolute Gasteiger partial charge is 0.255 e. The number of benzene rings is 1. The number of hydrogen-bond acceptors (Lipinski definition) is 2. The minimum absolute atomic E-state index is 0.0813. The molecule has 1 aromatic rings. The number of nitrogens with zero attached hydrogens (tertiary/aromatic N) is 1. The minimum atomic E-state index is 0.0813. The van der Waals surface area contributed by atoms with Gasteiger partial charge in [-0.25, -0.2) is 0 Å². The summed E-state index contributed by atoms with van der Waals surface area (Å²) in [5.41, 5.74) is 6.40. The van der Waals surface area contributed by atoms with Crippen LogP contribution in [0, 0.1) is 5.92 Å². The van der Waals surface area contributed by atoms with Gasteiger partial charge in [-0.1, -0.05) is 15.9 Å². The van der Waals surface area contributed by atoms with E-state index in [4.69, 9.17) is 5.73 Å². The molecule has 1 heterocycles. The Morgan fingerprint density at radius 1 is 1.50 bits per heavy atom. The SMILES string of the molecule is CC1CC(CN)CN1C(=O)c1ccc(Br)cc1Br. The fourth-order valence-corrected chi connectivity index (χ4v) is 3.63. The topological polar surface area (TPSA) is 46.3 Å². The molecule has 0 spiro atoms. The summed E-state index contributed by atoms with van der Waals surface area (Å²) < 4.78 is 1.78. The van der Waals surface area contributed by atoms with Crippen LogP contribution in [-0.2, 0) is 0 Å². The highest BCUT2D eigenvalue weighted by Gasteiger charge is 2.32. The van der Waals surface area contributed by atoms with E-state index in [1.807, 2.05) is 23.1 Å². The molecule has 0 aromatic heterocycles. The molecule has 18 heavy (non-hydrogen) atoms. The molecule has 3 nitrogen and oxygen atoms in total. The molecule has 2 unspecified atom stereocenters. The van der Waals surface area contributed by atoms with Crippen molar-refractivity contribution in [1.82, 2.24) is 4.90 Å². The summed E-state index contributed by atoms with van der Waals surface area (Å²) in [5, 5.41) is 0. The van der Waals surface area contributed by atoms with Gasteiger partial charge in [-0.15, -0.1) is 0 Å². The average molecular weight is 376 g/mol. The van der Waals surface area contributed by atoms with Crippen LogP contribution in [0.1, 0.15) is 23.7 Å². The van der Waals surface area contributed by atoms with Crippen LogP contribution in [0.3, 0.4) is 0 Å². The number of likely N-dealkylation sites (tertiary alicyclic amines) is 1. The lowest BCUT2D eigenvalue weighted by Crippen LogP contribution is -2.34. The number of rotatable bonds is 2. The number of carbonyl (C=O) groups is 1. The largest absolute Gasteiger partial charge is 0.336 e. The van der Waals surface area contributed by atoms with Gasteiger partial charge in [-0.3, -0.25) is 4.79 Å². The Bertz CT molecular complexity index is 464. The summed E-state index contributed by atoms with van der Waals surface area (Å²) in [6, 6.07) is 5.90. The van der Waals surface area contributed by atoms with Crippen molar-refractivity contribution in [2.45, 2.75) is 19.4 Å².